The predicted octanol–water partition coefficient (Wildman–Crippen LogP) is 5.67. The van der Waals surface area contributed by atoms with Crippen LogP contribution in [0.3, 0.4) is 0 Å². The van der Waals surface area contributed by atoms with Crippen LogP contribution in [0.5, 0.6) is 0 Å². The molecule has 2 unspecified atom stereocenters. The van der Waals surface area contributed by atoms with Gasteiger partial charge in [0, 0.05) is 11.8 Å². The van der Waals surface area contributed by atoms with E-state index in [-0.39, 0.29) is 51.6 Å². The number of rotatable bonds is 3. The number of ketones is 1. The lowest BCUT2D eigenvalue weighted by atomic mass is 9.29. The first-order valence-corrected chi connectivity index (χ1v) is 15.1. The number of Topliss-reactive ketones (excluding diaryl/α,β-unsaturated/α-hetero) is 1. The Balaban J connectivity index is 1.66. The minimum atomic E-state index is -3.05. The van der Waals surface area contributed by atoms with Crippen molar-refractivity contribution >= 4 is 12.1 Å². The number of carbonyl (C=O) groups excluding carboxylic acids is 2. The maximum atomic E-state index is 13.2. The van der Waals surface area contributed by atoms with Gasteiger partial charge in [0.05, 0.1) is 0 Å². The first kappa shape index (κ1) is 28.3. The maximum Gasteiger partial charge on any atom is 0.288 e. The first-order valence-electron chi connectivity index (χ1n) is 15.1. The molecule has 12 atom stereocenters. The molecule has 5 nitrogen and oxygen atoms in total. The van der Waals surface area contributed by atoms with Crippen LogP contribution in [0.15, 0.2) is 18.4 Å². The third kappa shape index (κ3) is 3.28. The van der Waals surface area contributed by atoms with Gasteiger partial charge in [-0.15, -0.1) is 5.73 Å². The largest absolute Gasteiger partial charge is 0.343 e. The molecular formula is C33H50O5. The molecule has 5 fully saturated rings. The van der Waals surface area contributed by atoms with Crippen LogP contribution in [0.1, 0.15) is 99.3 Å². The molecule has 0 saturated heterocycles. The van der Waals surface area contributed by atoms with Gasteiger partial charge in [-0.05, 0) is 122 Å². The fourth-order valence-electron chi connectivity index (χ4n) is 11.9. The molecule has 0 aliphatic heterocycles. The van der Waals surface area contributed by atoms with E-state index in [9.17, 15) is 24.9 Å². The number of hydrogen-bond donors (Lipinski definition) is 3. The Bertz CT molecular complexity index is 1050. The van der Waals surface area contributed by atoms with Gasteiger partial charge in [0.15, 0.2) is 0 Å². The minimum Gasteiger partial charge on any atom is -0.343 e. The van der Waals surface area contributed by atoms with E-state index in [1.807, 2.05) is 0 Å². The normalized spacial score (nSPS) is 54.4. The minimum absolute atomic E-state index is 0.0169. The second kappa shape index (κ2) is 8.62. The number of aliphatic hydroxyl groups is 3. The Hall–Kier alpha value is -1.26. The van der Waals surface area contributed by atoms with Crippen LogP contribution in [-0.4, -0.2) is 33.4 Å². The van der Waals surface area contributed by atoms with E-state index < -0.39 is 11.4 Å². The zero-order chi connectivity index (χ0) is 28.1. The molecule has 38 heavy (non-hydrogen) atoms. The summed E-state index contributed by atoms with van der Waals surface area (Å²) in [5.74, 6) is -1.47. The summed E-state index contributed by atoms with van der Waals surface area (Å²) in [7, 11) is 0. The number of hydrogen-bond acceptors (Lipinski definition) is 5. The molecule has 0 heterocycles. The fourth-order valence-corrected chi connectivity index (χ4v) is 11.9. The van der Waals surface area contributed by atoms with Gasteiger partial charge in [-0.3, -0.25) is 4.79 Å². The maximum absolute atomic E-state index is 13.2. The predicted molar refractivity (Wildman–Crippen MR) is 146 cm³/mol. The van der Waals surface area contributed by atoms with Crippen molar-refractivity contribution < 1.29 is 24.9 Å². The van der Waals surface area contributed by atoms with Crippen molar-refractivity contribution in [3.8, 4) is 0 Å². The van der Waals surface area contributed by atoms with Crippen molar-refractivity contribution in [3.63, 3.8) is 0 Å². The van der Waals surface area contributed by atoms with Gasteiger partial charge in [-0.1, -0.05) is 41.2 Å². The Kier molecular flexibility index (Phi) is 6.41. The molecule has 5 aliphatic carbocycles. The van der Waals surface area contributed by atoms with Crippen molar-refractivity contribution in [3.05, 3.63) is 18.4 Å². The van der Waals surface area contributed by atoms with Crippen molar-refractivity contribution in [1.29, 1.82) is 0 Å². The summed E-state index contributed by atoms with van der Waals surface area (Å²) in [6.07, 6.45) is 10.9. The number of carbonyl (C=O) groups is 2. The molecule has 5 rings (SSSR count). The summed E-state index contributed by atoms with van der Waals surface area (Å²) in [4.78, 5) is 26.1. The van der Waals surface area contributed by atoms with Crippen molar-refractivity contribution in [1.82, 2.24) is 0 Å². The first-order chi connectivity index (χ1) is 17.6. The number of fused-ring (bicyclic) bond motifs is 7. The molecule has 0 radical (unpaired) electrons. The van der Waals surface area contributed by atoms with Crippen LogP contribution >= 0.6 is 0 Å². The van der Waals surface area contributed by atoms with Crippen LogP contribution in [0.4, 0.5) is 0 Å². The zero-order valence-corrected chi connectivity index (χ0v) is 24.4. The third-order valence-corrected chi connectivity index (χ3v) is 14.4. The molecule has 0 spiro atoms. The lowest BCUT2D eigenvalue weighted by molar-refractivity contribution is -0.386. The van der Waals surface area contributed by atoms with E-state index in [2.05, 4.69) is 53.0 Å². The zero-order valence-electron chi connectivity index (χ0n) is 24.4. The SMILES string of the molecule is C=C=CC1C[C@@H]2[C@@]3(C)CCC(=O)C(C)(C(O)(O)O)[C@@H]3CC[C@@]2(C)[C@]2(C)CC[C@@]3(C=O)CC[C@@H](C)[C@H](C)[C@H]3[C@@H]12. The van der Waals surface area contributed by atoms with E-state index in [1.165, 1.54) is 6.29 Å². The van der Waals surface area contributed by atoms with Crippen LogP contribution in [0, 0.1) is 68.5 Å². The topological polar surface area (TPSA) is 94.8 Å². The van der Waals surface area contributed by atoms with Gasteiger partial charge in [0.25, 0.3) is 5.97 Å². The van der Waals surface area contributed by atoms with Crippen molar-refractivity contribution in [2.45, 2.75) is 105 Å². The molecule has 0 amide bonds. The molecule has 0 aromatic rings. The fraction of sp³-hybridized carbons (Fsp3) is 0.848. The molecule has 5 aliphatic rings. The van der Waals surface area contributed by atoms with E-state index in [4.69, 9.17) is 0 Å². The van der Waals surface area contributed by atoms with Crippen LogP contribution in [0.2, 0.25) is 0 Å². The van der Waals surface area contributed by atoms with Crippen LogP contribution in [0.25, 0.3) is 0 Å². The summed E-state index contributed by atoms with van der Waals surface area (Å²) in [6, 6.07) is 0. The van der Waals surface area contributed by atoms with Crippen LogP contribution < -0.4 is 0 Å². The van der Waals surface area contributed by atoms with Gasteiger partial charge in [-0.25, -0.2) is 0 Å². The Morgan fingerprint density at radius 3 is 2.21 bits per heavy atom. The average molecular weight is 527 g/mol. The van der Waals surface area contributed by atoms with E-state index in [0.717, 1.165) is 38.5 Å². The monoisotopic (exact) mass is 526 g/mol. The second-order valence-electron chi connectivity index (χ2n) is 15.3. The summed E-state index contributed by atoms with van der Waals surface area (Å²) < 4.78 is 0. The van der Waals surface area contributed by atoms with Crippen LogP contribution in [-0.2, 0) is 9.59 Å². The van der Waals surface area contributed by atoms with Gasteiger partial charge in [0.1, 0.15) is 17.5 Å². The van der Waals surface area contributed by atoms with Crippen molar-refractivity contribution in [2.24, 2.45) is 68.5 Å². The Morgan fingerprint density at radius 2 is 1.61 bits per heavy atom. The summed E-state index contributed by atoms with van der Waals surface area (Å²) in [5.41, 5.74) is 0.888. The highest BCUT2D eigenvalue weighted by Crippen LogP contribution is 2.78. The smallest absolute Gasteiger partial charge is 0.288 e. The van der Waals surface area contributed by atoms with E-state index in [0.29, 0.717) is 36.5 Å². The van der Waals surface area contributed by atoms with E-state index >= 15 is 0 Å². The second-order valence-corrected chi connectivity index (χ2v) is 15.3. The van der Waals surface area contributed by atoms with Crippen molar-refractivity contribution in [2.75, 3.05) is 0 Å². The molecule has 5 saturated carbocycles. The van der Waals surface area contributed by atoms with Gasteiger partial charge in [-0.2, -0.15) is 0 Å². The highest BCUT2D eigenvalue weighted by atomic mass is 16.7. The summed E-state index contributed by atoms with van der Waals surface area (Å²) >= 11 is 0. The molecule has 5 heteroatoms. The molecule has 0 aromatic heterocycles. The average Bonchev–Trinajstić information content (AvgIpc) is 2.85. The lowest BCUT2D eigenvalue weighted by Gasteiger charge is -2.74. The highest BCUT2D eigenvalue weighted by molar-refractivity contribution is 5.86. The number of aldehydes is 1. The quantitative estimate of drug-likeness (QED) is 0.250. The summed E-state index contributed by atoms with van der Waals surface area (Å²) in [5, 5.41) is 31.6. The van der Waals surface area contributed by atoms with E-state index in [1.54, 1.807) is 6.92 Å². The number of allylic oxidation sites excluding steroid dienone is 1. The van der Waals surface area contributed by atoms with Gasteiger partial charge in [0.2, 0.25) is 0 Å². The molecule has 212 valence electrons. The molecule has 3 N–H and O–H groups in total. The molecule has 0 bridgehead atoms. The Labute approximate surface area is 229 Å². The standard InChI is InChI=1S/C33H50O5/c1-8-9-22-18-24-28(4)13-12-25(35)31(7,33(36,37)38)23(28)11-14-29(24,5)30(6)16-17-32(19-34)15-10-20(2)21(3)26(32)27(22)30/h9,19-24,26-27,36-38H,1,10-18H2,2-7H3/t20-,21+,22?,23-,24-,26+,27-,28+,29-,30-,31?,32-/m1/s1. The third-order valence-electron chi connectivity index (χ3n) is 14.4. The molecule has 0 aromatic carbocycles. The molecular weight excluding hydrogens is 476 g/mol. The highest BCUT2D eigenvalue weighted by Gasteiger charge is 2.74. The van der Waals surface area contributed by atoms with Gasteiger partial charge < -0.3 is 20.1 Å². The lowest BCUT2D eigenvalue weighted by Crippen LogP contribution is -2.71. The Morgan fingerprint density at radius 1 is 0.921 bits per heavy atom. The summed E-state index contributed by atoms with van der Waals surface area (Å²) in [6.45, 7) is 17.5. The van der Waals surface area contributed by atoms with Gasteiger partial charge >= 0.3 is 0 Å².